The SMILES string of the molecule is O=C1COC(CO)CN1. The Morgan fingerprint density at radius 3 is 3.11 bits per heavy atom. The van der Waals surface area contributed by atoms with Crippen LogP contribution in [0.15, 0.2) is 0 Å². The average molecular weight is 131 g/mol. The zero-order chi connectivity index (χ0) is 6.69. The Balaban J connectivity index is 2.26. The van der Waals surface area contributed by atoms with Crippen LogP contribution in [0.2, 0.25) is 0 Å². The minimum atomic E-state index is -0.206. The molecule has 52 valence electrons. The largest absolute Gasteiger partial charge is 0.394 e. The van der Waals surface area contributed by atoms with E-state index in [1.54, 1.807) is 0 Å². The van der Waals surface area contributed by atoms with Crippen molar-refractivity contribution in [1.29, 1.82) is 0 Å². The van der Waals surface area contributed by atoms with Gasteiger partial charge in [-0.2, -0.15) is 0 Å². The van der Waals surface area contributed by atoms with E-state index in [2.05, 4.69) is 5.32 Å². The quantitative estimate of drug-likeness (QED) is 0.455. The van der Waals surface area contributed by atoms with Crippen LogP contribution in [0.5, 0.6) is 0 Å². The van der Waals surface area contributed by atoms with Gasteiger partial charge in [0.2, 0.25) is 5.91 Å². The summed E-state index contributed by atoms with van der Waals surface area (Å²) in [6.07, 6.45) is -0.206. The Kier molecular flexibility index (Phi) is 2.02. The van der Waals surface area contributed by atoms with Gasteiger partial charge in [-0.25, -0.2) is 0 Å². The van der Waals surface area contributed by atoms with Gasteiger partial charge in [0, 0.05) is 6.54 Å². The Labute approximate surface area is 52.8 Å². The number of carbonyl (C=O) groups is 1. The van der Waals surface area contributed by atoms with Crippen molar-refractivity contribution in [3.05, 3.63) is 0 Å². The second-order valence-corrected chi connectivity index (χ2v) is 1.92. The van der Waals surface area contributed by atoms with Crippen molar-refractivity contribution in [1.82, 2.24) is 5.32 Å². The first-order valence-corrected chi connectivity index (χ1v) is 2.82. The number of nitrogens with one attached hydrogen (secondary N) is 1. The number of hydrogen-bond donors (Lipinski definition) is 2. The second-order valence-electron chi connectivity index (χ2n) is 1.92. The Bertz CT molecular complexity index is 105. The van der Waals surface area contributed by atoms with Gasteiger partial charge in [0.15, 0.2) is 0 Å². The van der Waals surface area contributed by atoms with E-state index in [1.165, 1.54) is 0 Å². The topological polar surface area (TPSA) is 58.6 Å². The van der Waals surface area contributed by atoms with Gasteiger partial charge in [-0.05, 0) is 0 Å². The molecule has 2 N–H and O–H groups in total. The lowest BCUT2D eigenvalue weighted by molar-refractivity contribution is -0.134. The molecule has 1 unspecified atom stereocenters. The third kappa shape index (κ3) is 1.65. The van der Waals surface area contributed by atoms with E-state index in [0.29, 0.717) is 6.54 Å². The van der Waals surface area contributed by atoms with Crippen molar-refractivity contribution in [2.45, 2.75) is 6.10 Å². The molecule has 0 aromatic carbocycles. The first-order valence-electron chi connectivity index (χ1n) is 2.82. The predicted octanol–water partition coefficient (Wildman–Crippen LogP) is -1.51. The fourth-order valence-corrected chi connectivity index (χ4v) is 0.648. The van der Waals surface area contributed by atoms with E-state index in [4.69, 9.17) is 9.84 Å². The molecule has 1 rings (SSSR count). The highest BCUT2D eigenvalue weighted by atomic mass is 16.5. The van der Waals surface area contributed by atoms with Crippen LogP contribution in [0.1, 0.15) is 0 Å². The lowest BCUT2D eigenvalue weighted by atomic mass is 10.3. The van der Waals surface area contributed by atoms with Crippen LogP contribution in [-0.4, -0.2) is 36.9 Å². The average Bonchev–Trinajstić information content (AvgIpc) is 1.90. The highest BCUT2D eigenvalue weighted by Crippen LogP contribution is 1.93. The minimum Gasteiger partial charge on any atom is -0.394 e. The summed E-state index contributed by atoms with van der Waals surface area (Å²) in [6.45, 7) is 0.473. The number of ether oxygens (including phenoxy) is 1. The first-order chi connectivity index (χ1) is 4.33. The number of morpholine rings is 1. The minimum absolute atomic E-state index is 0.0275. The van der Waals surface area contributed by atoms with Gasteiger partial charge in [-0.1, -0.05) is 0 Å². The van der Waals surface area contributed by atoms with E-state index >= 15 is 0 Å². The molecule has 1 atom stereocenters. The standard InChI is InChI=1S/C5H9NO3/c7-2-4-1-6-5(8)3-9-4/h4,7H,1-3H2,(H,6,8). The van der Waals surface area contributed by atoms with Crippen LogP contribution in [-0.2, 0) is 9.53 Å². The maximum Gasteiger partial charge on any atom is 0.246 e. The van der Waals surface area contributed by atoms with Crippen molar-refractivity contribution >= 4 is 5.91 Å². The molecule has 0 bridgehead atoms. The van der Waals surface area contributed by atoms with Crippen molar-refractivity contribution in [2.75, 3.05) is 19.8 Å². The third-order valence-electron chi connectivity index (χ3n) is 1.18. The molecule has 0 saturated carbocycles. The first kappa shape index (κ1) is 6.51. The molecular formula is C5H9NO3. The molecule has 0 spiro atoms. The van der Waals surface area contributed by atoms with Crippen molar-refractivity contribution < 1.29 is 14.6 Å². The summed E-state index contributed by atoms with van der Waals surface area (Å²) in [4.78, 5) is 10.4. The summed E-state index contributed by atoms with van der Waals surface area (Å²) in [5.74, 6) is -0.111. The molecule has 0 aliphatic carbocycles. The number of aliphatic hydroxyl groups is 1. The fraction of sp³-hybridized carbons (Fsp3) is 0.800. The molecular weight excluding hydrogens is 122 g/mol. The Hall–Kier alpha value is -0.610. The lowest BCUT2D eigenvalue weighted by Gasteiger charge is -2.20. The maximum absolute atomic E-state index is 10.4. The highest BCUT2D eigenvalue weighted by Gasteiger charge is 2.16. The van der Waals surface area contributed by atoms with Crippen LogP contribution in [0, 0.1) is 0 Å². The molecule has 1 aliphatic rings. The maximum atomic E-state index is 10.4. The van der Waals surface area contributed by atoms with Crippen LogP contribution < -0.4 is 5.32 Å². The van der Waals surface area contributed by atoms with E-state index < -0.39 is 0 Å². The lowest BCUT2D eigenvalue weighted by Crippen LogP contribution is -2.44. The Morgan fingerprint density at radius 1 is 1.89 bits per heavy atom. The molecule has 4 nitrogen and oxygen atoms in total. The van der Waals surface area contributed by atoms with Gasteiger partial charge in [-0.15, -0.1) is 0 Å². The molecule has 1 heterocycles. The van der Waals surface area contributed by atoms with Crippen LogP contribution >= 0.6 is 0 Å². The molecule has 0 aromatic rings. The molecule has 1 saturated heterocycles. The van der Waals surface area contributed by atoms with Crippen LogP contribution in [0.4, 0.5) is 0 Å². The summed E-state index contributed by atoms with van der Waals surface area (Å²) in [7, 11) is 0. The van der Waals surface area contributed by atoms with E-state index in [9.17, 15) is 4.79 Å². The van der Waals surface area contributed by atoms with Crippen molar-refractivity contribution in [3.63, 3.8) is 0 Å². The molecule has 0 aromatic heterocycles. The summed E-state index contributed by atoms with van der Waals surface area (Å²) in [5, 5.41) is 11.1. The smallest absolute Gasteiger partial charge is 0.246 e. The molecule has 9 heavy (non-hydrogen) atoms. The molecule has 1 aliphatic heterocycles. The van der Waals surface area contributed by atoms with Gasteiger partial charge in [-0.3, -0.25) is 4.79 Å². The van der Waals surface area contributed by atoms with Crippen LogP contribution in [0.3, 0.4) is 0 Å². The summed E-state index contributed by atoms with van der Waals surface area (Å²) in [5.41, 5.74) is 0. The molecule has 4 heteroatoms. The van der Waals surface area contributed by atoms with Gasteiger partial charge in [0.05, 0.1) is 12.7 Å². The number of amides is 1. The van der Waals surface area contributed by atoms with Crippen molar-refractivity contribution in [3.8, 4) is 0 Å². The summed E-state index contributed by atoms with van der Waals surface area (Å²) in [6, 6.07) is 0. The monoisotopic (exact) mass is 131 g/mol. The highest BCUT2D eigenvalue weighted by molar-refractivity contribution is 5.77. The predicted molar refractivity (Wildman–Crippen MR) is 29.8 cm³/mol. The van der Waals surface area contributed by atoms with Gasteiger partial charge < -0.3 is 15.2 Å². The second kappa shape index (κ2) is 2.80. The number of carbonyl (C=O) groups excluding carboxylic acids is 1. The third-order valence-corrected chi connectivity index (χ3v) is 1.18. The fourth-order valence-electron chi connectivity index (χ4n) is 0.648. The normalized spacial score (nSPS) is 27.7. The number of rotatable bonds is 1. The molecule has 1 amide bonds. The zero-order valence-corrected chi connectivity index (χ0v) is 4.96. The summed E-state index contributed by atoms with van der Waals surface area (Å²) < 4.78 is 4.88. The van der Waals surface area contributed by atoms with Gasteiger partial charge in [0.25, 0.3) is 0 Å². The summed E-state index contributed by atoms with van der Waals surface area (Å²) >= 11 is 0. The molecule has 1 fully saturated rings. The van der Waals surface area contributed by atoms with E-state index in [-0.39, 0.29) is 25.2 Å². The van der Waals surface area contributed by atoms with Gasteiger partial charge >= 0.3 is 0 Å². The van der Waals surface area contributed by atoms with Crippen molar-refractivity contribution in [2.24, 2.45) is 0 Å². The number of hydrogen-bond acceptors (Lipinski definition) is 3. The van der Waals surface area contributed by atoms with E-state index in [1.807, 2.05) is 0 Å². The van der Waals surface area contributed by atoms with Gasteiger partial charge in [0.1, 0.15) is 6.61 Å². The number of aliphatic hydroxyl groups excluding tert-OH is 1. The Morgan fingerprint density at radius 2 is 2.67 bits per heavy atom. The van der Waals surface area contributed by atoms with E-state index in [0.717, 1.165) is 0 Å². The molecule has 0 radical (unpaired) electrons. The zero-order valence-electron chi connectivity index (χ0n) is 4.96. The van der Waals surface area contributed by atoms with Crippen LogP contribution in [0.25, 0.3) is 0 Å².